The zero-order valence-corrected chi connectivity index (χ0v) is 22.2. The van der Waals surface area contributed by atoms with E-state index in [1.54, 1.807) is 35.8 Å². The highest BCUT2D eigenvalue weighted by Gasteiger charge is 2.47. The van der Waals surface area contributed by atoms with Crippen molar-refractivity contribution in [3.8, 4) is 5.75 Å². The predicted octanol–water partition coefficient (Wildman–Crippen LogP) is 6.26. The number of anilines is 1. The fourth-order valence-corrected chi connectivity index (χ4v) is 5.18. The number of amides is 1. The van der Waals surface area contributed by atoms with E-state index in [9.17, 15) is 14.7 Å². The van der Waals surface area contributed by atoms with E-state index in [4.69, 9.17) is 4.74 Å². The van der Waals surface area contributed by atoms with Crippen LogP contribution >= 0.6 is 33.9 Å². The Bertz CT molecular complexity index is 1450. The Labute approximate surface area is 226 Å². The van der Waals surface area contributed by atoms with Gasteiger partial charge in [0, 0.05) is 20.7 Å². The van der Waals surface area contributed by atoms with E-state index in [2.05, 4.69) is 33.6 Å². The van der Waals surface area contributed by atoms with Gasteiger partial charge in [0.1, 0.15) is 18.1 Å². The van der Waals surface area contributed by atoms with Crippen molar-refractivity contribution >= 4 is 56.5 Å². The number of thiazole rings is 1. The minimum Gasteiger partial charge on any atom is -0.507 e. The summed E-state index contributed by atoms with van der Waals surface area (Å²) in [6.07, 6.45) is 1.58. The maximum atomic E-state index is 13.2. The van der Waals surface area contributed by atoms with E-state index in [0.29, 0.717) is 28.6 Å². The molecular formula is C28H21IN2O4S. The van der Waals surface area contributed by atoms with Crippen LogP contribution in [0.3, 0.4) is 0 Å². The number of aryl methyl sites for hydroxylation is 1. The van der Waals surface area contributed by atoms with Gasteiger partial charge in [0.05, 0.1) is 11.6 Å². The highest BCUT2D eigenvalue weighted by atomic mass is 127. The van der Waals surface area contributed by atoms with Crippen LogP contribution in [0.25, 0.3) is 5.76 Å². The quantitative estimate of drug-likeness (QED) is 0.121. The molecule has 1 N–H and O–H groups in total. The SMILES string of the molecule is Cc1cccc(COc2ccc(C(O)=C3C(=O)C(=O)N(c4nccs4)C3c3ccc(I)cc3)cc2)c1. The molecule has 4 aromatic rings. The molecule has 2 heterocycles. The van der Waals surface area contributed by atoms with Crippen LogP contribution in [0.2, 0.25) is 0 Å². The third-order valence-electron chi connectivity index (χ3n) is 5.87. The summed E-state index contributed by atoms with van der Waals surface area (Å²) < 4.78 is 6.90. The molecule has 0 spiro atoms. The Morgan fingerprint density at radius 2 is 1.83 bits per heavy atom. The van der Waals surface area contributed by atoms with Crippen molar-refractivity contribution in [3.05, 3.63) is 116 Å². The molecule has 1 unspecified atom stereocenters. The van der Waals surface area contributed by atoms with Crippen LogP contribution in [0.15, 0.2) is 89.9 Å². The molecule has 1 aromatic heterocycles. The summed E-state index contributed by atoms with van der Waals surface area (Å²) in [4.78, 5) is 31.9. The molecule has 1 amide bonds. The van der Waals surface area contributed by atoms with Crippen LogP contribution in [0.1, 0.15) is 28.3 Å². The van der Waals surface area contributed by atoms with E-state index < -0.39 is 17.7 Å². The number of aromatic nitrogens is 1. The van der Waals surface area contributed by atoms with Crippen molar-refractivity contribution in [1.29, 1.82) is 0 Å². The van der Waals surface area contributed by atoms with Gasteiger partial charge in [-0.15, -0.1) is 11.3 Å². The minimum atomic E-state index is -0.787. The van der Waals surface area contributed by atoms with E-state index in [0.717, 1.165) is 14.7 Å². The van der Waals surface area contributed by atoms with Gasteiger partial charge < -0.3 is 9.84 Å². The second-order valence-corrected chi connectivity index (χ2v) is 10.5. The molecule has 1 atom stereocenters. The number of hydrogen-bond donors (Lipinski definition) is 1. The number of rotatable bonds is 6. The molecule has 1 aliphatic rings. The molecule has 180 valence electrons. The maximum Gasteiger partial charge on any atom is 0.301 e. The summed E-state index contributed by atoms with van der Waals surface area (Å²) in [6, 6.07) is 21.6. The minimum absolute atomic E-state index is 0.0323. The molecule has 0 bridgehead atoms. The van der Waals surface area contributed by atoms with Gasteiger partial charge in [-0.05, 0) is 77.0 Å². The Morgan fingerprint density at radius 1 is 1.08 bits per heavy atom. The van der Waals surface area contributed by atoms with Crippen LogP contribution in [-0.2, 0) is 16.2 Å². The molecule has 1 fully saturated rings. The lowest BCUT2D eigenvalue weighted by Crippen LogP contribution is -2.29. The molecular weight excluding hydrogens is 587 g/mol. The van der Waals surface area contributed by atoms with Crippen LogP contribution in [0.5, 0.6) is 5.75 Å². The maximum absolute atomic E-state index is 13.2. The molecule has 0 radical (unpaired) electrons. The first-order valence-corrected chi connectivity index (χ1v) is 13.1. The van der Waals surface area contributed by atoms with Crippen LogP contribution in [0.4, 0.5) is 5.13 Å². The Balaban J connectivity index is 1.48. The number of aliphatic hydroxyl groups excluding tert-OH is 1. The van der Waals surface area contributed by atoms with Gasteiger partial charge >= 0.3 is 5.91 Å². The number of ketones is 1. The van der Waals surface area contributed by atoms with Crippen LogP contribution < -0.4 is 9.64 Å². The number of benzene rings is 3. The third kappa shape index (κ3) is 4.78. The fourth-order valence-electron chi connectivity index (χ4n) is 4.16. The molecule has 1 saturated heterocycles. The third-order valence-corrected chi connectivity index (χ3v) is 7.36. The number of carbonyl (C=O) groups excluding carboxylic acids is 2. The normalized spacial score (nSPS) is 16.9. The lowest BCUT2D eigenvalue weighted by atomic mass is 9.95. The molecule has 1 aliphatic heterocycles. The zero-order valence-electron chi connectivity index (χ0n) is 19.2. The highest BCUT2D eigenvalue weighted by Crippen LogP contribution is 2.42. The van der Waals surface area contributed by atoms with E-state index in [-0.39, 0.29) is 11.3 Å². The zero-order chi connectivity index (χ0) is 25.2. The Hall–Kier alpha value is -3.50. The van der Waals surface area contributed by atoms with Gasteiger partial charge in [-0.3, -0.25) is 14.5 Å². The van der Waals surface area contributed by atoms with E-state index in [1.165, 1.54) is 16.2 Å². The molecule has 8 heteroatoms. The number of Topliss-reactive ketones (excluding diaryl/α,β-unsaturated/α-hetero) is 1. The Morgan fingerprint density at radius 3 is 2.50 bits per heavy atom. The lowest BCUT2D eigenvalue weighted by molar-refractivity contribution is -0.132. The number of aliphatic hydroxyl groups is 1. The largest absolute Gasteiger partial charge is 0.507 e. The van der Waals surface area contributed by atoms with Gasteiger partial charge in [0.25, 0.3) is 5.78 Å². The second kappa shape index (κ2) is 10.2. The van der Waals surface area contributed by atoms with E-state index >= 15 is 0 Å². The smallest absolute Gasteiger partial charge is 0.301 e. The Kier molecular flexibility index (Phi) is 6.88. The molecule has 0 aliphatic carbocycles. The molecule has 5 rings (SSSR count). The standard InChI is InChI=1S/C28H21IN2O4S/c1-17-3-2-4-18(15-17)16-35-22-11-7-20(8-12-22)25(32)23-24(19-5-9-21(29)10-6-19)31(27(34)26(23)33)28-30-13-14-36-28/h2-15,24,32H,16H2,1H3. The lowest BCUT2D eigenvalue weighted by Gasteiger charge is -2.23. The fraction of sp³-hybridized carbons (Fsp3) is 0.107. The summed E-state index contributed by atoms with van der Waals surface area (Å²) in [5.74, 6) is -1.06. The number of carbonyl (C=O) groups is 2. The van der Waals surface area contributed by atoms with Crippen molar-refractivity contribution in [2.75, 3.05) is 4.90 Å². The molecule has 3 aromatic carbocycles. The number of halogens is 1. The van der Waals surface area contributed by atoms with Gasteiger partial charge in [0.15, 0.2) is 5.13 Å². The summed E-state index contributed by atoms with van der Waals surface area (Å²) in [6.45, 7) is 2.45. The first-order valence-electron chi connectivity index (χ1n) is 11.2. The number of hydrogen-bond acceptors (Lipinski definition) is 6. The van der Waals surface area contributed by atoms with Gasteiger partial charge in [-0.25, -0.2) is 4.98 Å². The molecule has 0 saturated carbocycles. The van der Waals surface area contributed by atoms with Gasteiger partial charge in [0.2, 0.25) is 0 Å². The van der Waals surface area contributed by atoms with Crippen molar-refractivity contribution in [2.24, 2.45) is 0 Å². The van der Waals surface area contributed by atoms with E-state index in [1.807, 2.05) is 49.4 Å². The first-order chi connectivity index (χ1) is 17.4. The predicted molar refractivity (Wildman–Crippen MR) is 148 cm³/mol. The number of ether oxygens (including phenoxy) is 1. The van der Waals surface area contributed by atoms with Crippen molar-refractivity contribution < 1.29 is 19.4 Å². The monoisotopic (exact) mass is 608 g/mol. The molecule has 6 nitrogen and oxygen atoms in total. The average molecular weight is 608 g/mol. The first kappa shape index (κ1) is 24.2. The van der Waals surface area contributed by atoms with Crippen LogP contribution in [-0.4, -0.2) is 21.8 Å². The topological polar surface area (TPSA) is 79.7 Å². The van der Waals surface area contributed by atoms with Crippen LogP contribution in [0, 0.1) is 10.5 Å². The second-order valence-electron chi connectivity index (χ2n) is 8.34. The summed E-state index contributed by atoms with van der Waals surface area (Å²) in [5.41, 5.74) is 3.38. The summed E-state index contributed by atoms with van der Waals surface area (Å²) in [5, 5.41) is 13.4. The molecule has 36 heavy (non-hydrogen) atoms. The highest BCUT2D eigenvalue weighted by molar-refractivity contribution is 14.1. The average Bonchev–Trinajstić information content (AvgIpc) is 3.50. The summed E-state index contributed by atoms with van der Waals surface area (Å²) >= 11 is 3.46. The van der Waals surface area contributed by atoms with Gasteiger partial charge in [-0.2, -0.15) is 0 Å². The number of nitrogens with zero attached hydrogens (tertiary/aromatic N) is 2. The van der Waals surface area contributed by atoms with Crippen molar-refractivity contribution in [1.82, 2.24) is 4.98 Å². The summed E-state index contributed by atoms with van der Waals surface area (Å²) in [7, 11) is 0. The van der Waals surface area contributed by atoms with Crippen molar-refractivity contribution in [2.45, 2.75) is 19.6 Å². The van der Waals surface area contributed by atoms with Crippen molar-refractivity contribution in [3.63, 3.8) is 0 Å². The van der Waals surface area contributed by atoms with Gasteiger partial charge in [-0.1, -0.05) is 42.0 Å².